The number of rotatable bonds is 7. The second kappa shape index (κ2) is 5.59. The number of hydrogen-bond donors (Lipinski definition) is 1. The highest BCUT2D eigenvalue weighted by Crippen LogP contribution is 2.39. The van der Waals surface area contributed by atoms with Gasteiger partial charge in [-0.05, 0) is 33.1 Å². The van der Waals surface area contributed by atoms with Crippen molar-refractivity contribution in [3.63, 3.8) is 0 Å². The Kier molecular flexibility index (Phi) is 4.12. The molecule has 0 bridgehead atoms. The molecule has 90 valence electrons. The highest BCUT2D eigenvalue weighted by Gasteiger charge is 2.27. The molecular formula is C11H19N3OS. The molecule has 0 unspecified atom stereocenters. The van der Waals surface area contributed by atoms with E-state index in [0.717, 1.165) is 30.5 Å². The molecule has 0 amide bonds. The van der Waals surface area contributed by atoms with Crippen LogP contribution in [-0.4, -0.2) is 28.6 Å². The molecule has 1 aromatic heterocycles. The van der Waals surface area contributed by atoms with E-state index in [1.165, 1.54) is 24.4 Å². The van der Waals surface area contributed by atoms with Crippen LogP contribution >= 0.6 is 11.5 Å². The number of nitrogens with zero attached hydrogens (tertiary/aromatic N) is 2. The minimum atomic E-state index is 0.322. The lowest BCUT2D eigenvalue weighted by Gasteiger charge is -2.06. The fraction of sp³-hybridized carbons (Fsp3) is 0.818. The van der Waals surface area contributed by atoms with Gasteiger partial charge in [-0.3, -0.25) is 0 Å². The fourth-order valence-electron chi connectivity index (χ4n) is 1.40. The van der Waals surface area contributed by atoms with E-state index in [2.05, 4.69) is 28.5 Å². The molecule has 0 aromatic carbocycles. The van der Waals surface area contributed by atoms with Crippen LogP contribution in [0.1, 0.15) is 44.9 Å². The van der Waals surface area contributed by atoms with E-state index in [0.29, 0.717) is 12.0 Å². The lowest BCUT2D eigenvalue weighted by molar-refractivity contribution is 0.0787. The maximum atomic E-state index is 5.46. The standard InChI is InChI=1S/C11H19N3OS/c1-8(2)15-7-3-6-12-11-13-10(14-16-11)9-4-5-9/h8-9H,3-7H2,1-2H3,(H,12,13,14). The first-order chi connectivity index (χ1) is 7.75. The van der Waals surface area contributed by atoms with Crippen LogP contribution in [0.4, 0.5) is 5.13 Å². The number of aromatic nitrogens is 2. The van der Waals surface area contributed by atoms with Gasteiger partial charge in [-0.25, -0.2) is 4.98 Å². The Bertz CT molecular complexity index is 323. The van der Waals surface area contributed by atoms with Crippen molar-refractivity contribution in [2.45, 2.75) is 45.1 Å². The molecule has 1 heterocycles. The summed E-state index contributed by atoms with van der Waals surface area (Å²) in [5.74, 6) is 1.68. The molecule has 2 rings (SSSR count). The molecule has 0 saturated heterocycles. The van der Waals surface area contributed by atoms with E-state index in [1.807, 2.05) is 0 Å². The van der Waals surface area contributed by atoms with E-state index in [9.17, 15) is 0 Å². The Hall–Kier alpha value is -0.680. The fourth-order valence-corrected chi connectivity index (χ4v) is 2.07. The molecule has 0 atom stereocenters. The Morgan fingerprint density at radius 3 is 3.00 bits per heavy atom. The average molecular weight is 241 g/mol. The van der Waals surface area contributed by atoms with Crippen molar-refractivity contribution in [1.29, 1.82) is 0 Å². The van der Waals surface area contributed by atoms with Crippen LogP contribution in [0.3, 0.4) is 0 Å². The van der Waals surface area contributed by atoms with Crippen molar-refractivity contribution in [3.05, 3.63) is 5.82 Å². The summed E-state index contributed by atoms with van der Waals surface area (Å²) in [7, 11) is 0. The van der Waals surface area contributed by atoms with Gasteiger partial charge < -0.3 is 10.1 Å². The van der Waals surface area contributed by atoms with Crippen LogP contribution in [-0.2, 0) is 4.74 Å². The Morgan fingerprint density at radius 1 is 1.50 bits per heavy atom. The van der Waals surface area contributed by atoms with Crippen LogP contribution in [0.25, 0.3) is 0 Å². The van der Waals surface area contributed by atoms with E-state index in [4.69, 9.17) is 4.74 Å². The first-order valence-corrected chi connectivity index (χ1v) is 6.72. The zero-order chi connectivity index (χ0) is 11.4. The third-order valence-electron chi connectivity index (χ3n) is 2.43. The third-order valence-corrected chi connectivity index (χ3v) is 3.12. The van der Waals surface area contributed by atoms with Gasteiger partial charge >= 0.3 is 0 Å². The average Bonchev–Trinajstić information content (AvgIpc) is 2.99. The van der Waals surface area contributed by atoms with Gasteiger partial charge in [-0.15, -0.1) is 0 Å². The molecule has 0 spiro atoms. The summed E-state index contributed by atoms with van der Waals surface area (Å²) in [6.07, 6.45) is 3.86. The molecule has 1 aliphatic rings. The number of hydrogen-bond acceptors (Lipinski definition) is 5. The van der Waals surface area contributed by atoms with Crippen molar-refractivity contribution in [2.24, 2.45) is 0 Å². The zero-order valence-electron chi connectivity index (χ0n) is 9.90. The molecule has 0 aliphatic heterocycles. The Balaban J connectivity index is 1.61. The van der Waals surface area contributed by atoms with Crippen LogP contribution in [0.2, 0.25) is 0 Å². The summed E-state index contributed by atoms with van der Waals surface area (Å²) < 4.78 is 9.80. The Morgan fingerprint density at radius 2 is 2.31 bits per heavy atom. The second-order valence-electron chi connectivity index (χ2n) is 4.43. The van der Waals surface area contributed by atoms with E-state index in [1.54, 1.807) is 0 Å². The molecule has 1 fully saturated rings. The monoisotopic (exact) mass is 241 g/mol. The van der Waals surface area contributed by atoms with Crippen molar-refractivity contribution in [1.82, 2.24) is 9.36 Å². The highest BCUT2D eigenvalue weighted by molar-refractivity contribution is 7.09. The van der Waals surface area contributed by atoms with Gasteiger partial charge in [0.1, 0.15) is 5.82 Å². The summed E-state index contributed by atoms with van der Waals surface area (Å²) in [4.78, 5) is 4.46. The highest BCUT2D eigenvalue weighted by atomic mass is 32.1. The van der Waals surface area contributed by atoms with Gasteiger partial charge in [-0.1, -0.05) is 0 Å². The summed E-state index contributed by atoms with van der Waals surface area (Å²) in [6.45, 7) is 5.82. The minimum Gasteiger partial charge on any atom is -0.379 e. The van der Waals surface area contributed by atoms with E-state index < -0.39 is 0 Å². The van der Waals surface area contributed by atoms with Crippen molar-refractivity contribution in [3.8, 4) is 0 Å². The van der Waals surface area contributed by atoms with E-state index >= 15 is 0 Å². The molecule has 0 radical (unpaired) electrons. The van der Waals surface area contributed by atoms with Gasteiger partial charge in [0.15, 0.2) is 0 Å². The van der Waals surface area contributed by atoms with Gasteiger partial charge in [0.05, 0.1) is 6.10 Å². The molecule has 1 N–H and O–H groups in total. The van der Waals surface area contributed by atoms with Gasteiger partial charge in [0.25, 0.3) is 0 Å². The molecule has 1 aromatic rings. The first-order valence-electron chi connectivity index (χ1n) is 5.95. The molecule has 1 aliphatic carbocycles. The summed E-state index contributed by atoms with van der Waals surface area (Å²) in [5, 5.41) is 4.24. The first kappa shape index (κ1) is 11.8. The van der Waals surface area contributed by atoms with Crippen LogP contribution in [0, 0.1) is 0 Å². The van der Waals surface area contributed by atoms with Crippen molar-refractivity contribution < 1.29 is 4.74 Å². The SMILES string of the molecule is CC(C)OCCCNc1nc(C2CC2)ns1. The van der Waals surface area contributed by atoms with Gasteiger partial charge in [0, 0.05) is 30.6 Å². The largest absolute Gasteiger partial charge is 0.379 e. The quantitative estimate of drug-likeness (QED) is 0.745. The molecule has 16 heavy (non-hydrogen) atoms. The Labute approximate surface area is 101 Å². The normalized spacial score (nSPS) is 15.7. The molecule has 5 heteroatoms. The third kappa shape index (κ3) is 3.72. The maximum absolute atomic E-state index is 5.46. The van der Waals surface area contributed by atoms with Crippen molar-refractivity contribution in [2.75, 3.05) is 18.5 Å². The van der Waals surface area contributed by atoms with Gasteiger partial charge in [-0.2, -0.15) is 4.37 Å². The van der Waals surface area contributed by atoms with Gasteiger partial charge in [0.2, 0.25) is 5.13 Å². The summed E-state index contributed by atoms with van der Waals surface area (Å²) in [5.41, 5.74) is 0. The lowest BCUT2D eigenvalue weighted by Crippen LogP contribution is -2.09. The lowest BCUT2D eigenvalue weighted by atomic mass is 10.4. The smallest absolute Gasteiger partial charge is 0.202 e. The number of ether oxygens (including phenoxy) is 1. The number of nitrogens with one attached hydrogen (secondary N) is 1. The predicted octanol–water partition coefficient (Wildman–Crippen LogP) is 2.64. The van der Waals surface area contributed by atoms with E-state index in [-0.39, 0.29) is 0 Å². The minimum absolute atomic E-state index is 0.322. The van der Waals surface area contributed by atoms with Crippen LogP contribution in [0.5, 0.6) is 0 Å². The maximum Gasteiger partial charge on any atom is 0.202 e. The predicted molar refractivity (Wildman–Crippen MR) is 66.1 cm³/mol. The van der Waals surface area contributed by atoms with Crippen molar-refractivity contribution >= 4 is 16.7 Å². The second-order valence-corrected chi connectivity index (χ2v) is 5.18. The molecular weight excluding hydrogens is 222 g/mol. The van der Waals surface area contributed by atoms with Crippen LogP contribution in [0.15, 0.2) is 0 Å². The molecule has 1 saturated carbocycles. The van der Waals surface area contributed by atoms with Crippen LogP contribution < -0.4 is 5.32 Å². The molecule has 4 nitrogen and oxygen atoms in total. The number of anilines is 1. The zero-order valence-corrected chi connectivity index (χ0v) is 10.7. The summed E-state index contributed by atoms with van der Waals surface area (Å²) in [6, 6.07) is 0. The topological polar surface area (TPSA) is 47.0 Å². The summed E-state index contributed by atoms with van der Waals surface area (Å²) >= 11 is 1.47.